The maximum Gasteiger partial charge on any atom is 0.141 e. The zero-order valence-corrected chi connectivity index (χ0v) is 8.68. The summed E-state index contributed by atoms with van der Waals surface area (Å²) in [6.07, 6.45) is 3.47. The SMILES string of the molecule is CC[C@H]1CC[C@@H](C)C(=O)C1(C)C. The third kappa shape index (κ3) is 1.41. The molecule has 0 aliphatic heterocycles. The summed E-state index contributed by atoms with van der Waals surface area (Å²) >= 11 is 0. The maximum atomic E-state index is 11.8. The molecule has 1 rings (SSSR count). The molecular formula is C11H20O. The Morgan fingerprint density at radius 2 is 2.00 bits per heavy atom. The van der Waals surface area contributed by atoms with Crippen molar-refractivity contribution in [2.75, 3.05) is 0 Å². The van der Waals surface area contributed by atoms with Crippen LogP contribution < -0.4 is 0 Å². The van der Waals surface area contributed by atoms with Gasteiger partial charge in [0.25, 0.3) is 0 Å². The van der Waals surface area contributed by atoms with Crippen LogP contribution in [0.3, 0.4) is 0 Å². The molecule has 2 atom stereocenters. The lowest BCUT2D eigenvalue weighted by Crippen LogP contribution is -2.40. The van der Waals surface area contributed by atoms with E-state index in [0.29, 0.717) is 17.6 Å². The topological polar surface area (TPSA) is 17.1 Å². The summed E-state index contributed by atoms with van der Waals surface area (Å²) in [4.78, 5) is 11.8. The van der Waals surface area contributed by atoms with Gasteiger partial charge in [-0.05, 0) is 18.8 Å². The summed E-state index contributed by atoms with van der Waals surface area (Å²) in [5.74, 6) is 1.38. The Morgan fingerprint density at radius 3 is 2.50 bits per heavy atom. The number of carbonyl (C=O) groups excluding carboxylic acids is 1. The van der Waals surface area contributed by atoms with Gasteiger partial charge in [-0.15, -0.1) is 0 Å². The van der Waals surface area contributed by atoms with Gasteiger partial charge in [0.1, 0.15) is 5.78 Å². The highest BCUT2D eigenvalue weighted by atomic mass is 16.1. The third-order valence-corrected chi connectivity index (χ3v) is 3.54. The zero-order valence-electron chi connectivity index (χ0n) is 8.68. The van der Waals surface area contributed by atoms with Crippen molar-refractivity contribution >= 4 is 5.78 Å². The largest absolute Gasteiger partial charge is 0.299 e. The molecule has 70 valence electrons. The van der Waals surface area contributed by atoms with Crippen LogP contribution in [0.4, 0.5) is 0 Å². The minimum absolute atomic E-state index is 0.0631. The third-order valence-electron chi connectivity index (χ3n) is 3.54. The standard InChI is InChI=1S/C11H20O/c1-5-9-7-6-8(2)10(12)11(9,3)4/h8-9H,5-7H2,1-4H3/t8-,9+/m1/s1. The quantitative estimate of drug-likeness (QED) is 0.588. The van der Waals surface area contributed by atoms with Gasteiger partial charge >= 0.3 is 0 Å². The maximum absolute atomic E-state index is 11.8. The van der Waals surface area contributed by atoms with Crippen molar-refractivity contribution in [3.63, 3.8) is 0 Å². The van der Waals surface area contributed by atoms with Crippen LogP contribution in [0.2, 0.25) is 0 Å². The first-order chi connectivity index (χ1) is 5.50. The molecule has 1 aliphatic carbocycles. The van der Waals surface area contributed by atoms with E-state index in [9.17, 15) is 4.79 Å². The van der Waals surface area contributed by atoms with E-state index >= 15 is 0 Å². The van der Waals surface area contributed by atoms with Crippen LogP contribution in [-0.4, -0.2) is 5.78 Å². The van der Waals surface area contributed by atoms with Crippen LogP contribution >= 0.6 is 0 Å². The van der Waals surface area contributed by atoms with Crippen LogP contribution in [0.1, 0.15) is 47.0 Å². The summed E-state index contributed by atoms with van der Waals surface area (Å²) < 4.78 is 0. The molecule has 0 amide bonds. The first-order valence-electron chi connectivity index (χ1n) is 5.04. The number of hydrogen-bond acceptors (Lipinski definition) is 1. The van der Waals surface area contributed by atoms with E-state index < -0.39 is 0 Å². The molecule has 0 spiro atoms. The molecule has 1 nitrogen and oxygen atoms in total. The first kappa shape index (κ1) is 9.76. The molecule has 12 heavy (non-hydrogen) atoms. The van der Waals surface area contributed by atoms with Crippen molar-refractivity contribution in [1.82, 2.24) is 0 Å². The minimum atomic E-state index is -0.0631. The molecule has 0 unspecified atom stereocenters. The van der Waals surface area contributed by atoms with Crippen molar-refractivity contribution in [2.45, 2.75) is 47.0 Å². The van der Waals surface area contributed by atoms with Crippen molar-refractivity contribution < 1.29 is 4.79 Å². The predicted molar refractivity (Wildman–Crippen MR) is 51.0 cm³/mol. The highest BCUT2D eigenvalue weighted by Gasteiger charge is 2.41. The van der Waals surface area contributed by atoms with Crippen molar-refractivity contribution in [2.24, 2.45) is 17.3 Å². The molecule has 1 aliphatic rings. The summed E-state index contributed by atoms with van der Waals surface area (Å²) in [6.45, 7) is 8.48. The van der Waals surface area contributed by atoms with Crippen molar-refractivity contribution in [1.29, 1.82) is 0 Å². The number of carbonyl (C=O) groups is 1. The van der Waals surface area contributed by atoms with Gasteiger partial charge in [-0.3, -0.25) is 4.79 Å². The van der Waals surface area contributed by atoms with Crippen molar-refractivity contribution in [3.8, 4) is 0 Å². The second-order valence-electron chi connectivity index (χ2n) is 4.67. The van der Waals surface area contributed by atoms with Gasteiger partial charge in [0.2, 0.25) is 0 Å². The van der Waals surface area contributed by atoms with E-state index in [1.54, 1.807) is 0 Å². The van der Waals surface area contributed by atoms with Crippen LogP contribution in [0.15, 0.2) is 0 Å². The van der Waals surface area contributed by atoms with Gasteiger partial charge in [0, 0.05) is 11.3 Å². The molecule has 0 aromatic heterocycles. The highest BCUT2D eigenvalue weighted by Crippen LogP contribution is 2.41. The van der Waals surface area contributed by atoms with Gasteiger partial charge < -0.3 is 0 Å². The van der Waals surface area contributed by atoms with E-state index in [1.807, 2.05) is 0 Å². The lowest BCUT2D eigenvalue weighted by Gasteiger charge is -2.39. The predicted octanol–water partition coefficient (Wildman–Crippen LogP) is 3.04. The molecule has 0 heterocycles. The molecular weight excluding hydrogens is 148 g/mol. The molecule has 0 aromatic rings. The Labute approximate surface area is 75.5 Å². The zero-order chi connectivity index (χ0) is 9.35. The fourth-order valence-corrected chi connectivity index (χ4v) is 2.49. The van der Waals surface area contributed by atoms with E-state index in [-0.39, 0.29) is 5.41 Å². The molecule has 0 radical (unpaired) electrons. The van der Waals surface area contributed by atoms with E-state index in [4.69, 9.17) is 0 Å². The van der Waals surface area contributed by atoms with E-state index in [1.165, 1.54) is 6.42 Å². The Balaban J connectivity index is 2.80. The minimum Gasteiger partial charge on any atom is -0.299 e. The monoisotopic (exact) mass is 168 g/mol. The summed E-state index contributed by atoms with van der Waals surface area (Å²) in [7, 11) is 0. The Kier molecular flexibility index (Phi) is 2.60. The number of ketones is 1. The molecule has 0 bridgehead atoms. The van der Waals surface area contributed by atoms with Gasteiger partial charge in [0.05, 0.1) is 0 Å². The Bertz CT molecular complexity index is 181. The Hall–Kier alpha value is -0.330. The molecule has 0 aromatic carbocycles. The smallest absolute Gasteiger partial charge is 0.141 e. The van der Waals surface area contributed by atoms with Crippen LogP contribution in [0.25, 0.3) is 0 Å². The fourth-order valence-electron chi connectivity index (χ4n) is 2.49. The second-order valence-corrected chi connectivity index (χ2v) is 4.67. The van der Waals surface area contributed by atoms with Crippen LogP contribution in [-0.2, 0) is 4.79 Å². The normalized spacial score (nSPS) is 35.2. The van der Waals surface area contributed by atoms with Gasteiger partial charge in [-0.1, -0.05) is 34.1 Å². The van der Waals surface area contributed by atoms with Gasteiger partial charge in [0.15, 0.2) is 0 Å². The molecule has 1 heteroatoms. The lowest BCUT2D eigenvalue weighted by atomic mass is 9.64. The van der Waals surface area contributed by atoms with Gasteiger partial charge in [-0.2, -0.15) is 0 Å². The Morgan fingerprint density at radius 1 is 1.42 bits per heavy atom. The van der Waals surface area contributed by atoms with Crippen LogP contribution in [0.5, 0.6) is 0 Å². The van der Waals surface area contributed by atoms with Crippen molar-refractivity contribution in [3.05, 3.63) is 0 Å². The fraction of sp³-hybridized carbons (Fsp3) is 0.909. The van der Waals surface area contributed by atoms with Crippen LogP contribution in [0, 0.1) is 17.3 Å². The summed E-state index contributed by atoms with van der Waals surface area (Å²) in [6, 6.07) is 0. The molecule has 0 saturated heterocycles. The summed E-state index contributed by atoms with van der Waals surface area (Å²) in [5.41, 5.74) is -0.0631. The molecule has 1 saturated carbocycles. The van der Waals surface area contributed by atoms with Gasteiger partial charge in [-0.25, -0.2) is 0 Å². The highest BCUT2D eigenvalue weighted by molar-refractivity contribution is 5.87. The second kappa shape index (κ2) is 3.20. The number of rotatable bonds is 1. The number of Topliss-reactive ketones (excluding diaryl/α,β-unsaturated/α-hetero) is 1. The lowest BCUT2D eigenvalue weighted by molar-refractivity contribution is -0.137. The first-order valence-corrected chi connectivity index (χ1v) is 5.04. The van der Waals surface area contributed by atoms with E-state index in [0.717, 1.165) is 12.8 Å². The molecule has 0 N–H and O–H groups in total. The average molecular weight is 168 g/mol. The van der Waals surface area contributed by atoms with E-state index in [2.05, 4.69) is 27.7 Å². The molecule has 1 fully saturated rings. The summed E-state index contributed by atoms with van der Waals surface area (Å²) in [5, 5.41) is 0. The number of hydrogen-bond donors (Lipinski definition) is 0. The average Bonchev–Trinajstić information content (AvgIpc) is 2.01.